The van der Waals surface area contributed by atoms with Crippen LogP contribution in [-0.2, 0) is 13.0 Å². The third-order valence-electron chi connectivity index (χ3n) is 5.38. The standard InChI is InChI=1S/C23H34N4O/c1-3-19(2)25-23(24-14-11-22-10-7-17-28-22)26-21-12-15-27(16-13-21)18-20-8-5-4-6-9-20/h4-10,17,19,21H,3,11-16,18H2,1-2H3,(H2,24,25,26). The van der Waals surface area contributed by atoms with Gasteiger partial charge in [0.2, 0.25) is 0 Å². The summed E-state index contributed by atoms with van der Waals surface area (Å²) < 4.78 is 5.41. The van der Waals surface area contributed by atoms with Crippen molar-refractivity contribution in [3.63, 3.8) is 0 Å². The molecule has 0 aliphatic carbocycles. The van der Waals surface area contributed by atoms with Crippen molar-refractivity contribution in [2.45, 2.75) is 58.2 Å². The quantitative estimate of drug-likeness (QED) is 0.538. The lowest BCUT2D eigenvalue weighted by molar-refractivity contribution is 0.198. The van der Waals surface area contributed by atoms with Gasteiger partial charge in [0.15, 0.2) is 5.96 Å². The van der Waals surface area contributed by atoms with Crippen molar-refractivity contribution in [2.75, 3.05) is 19.6 Å². The lowest BCUT2D eigenvalue weighted by Crippen LogP contribution is -2.50. The maximum atomic E-state index is 5.41. The Morgan fingerprint density at radius 2 is 1.96 bits per heavy atom. The van der Waals surface area contributed by atoms with Crippen LogP contribution in [-0.4, -0.2) is 42.6 Å². The molecule has 1 aliphatic heterocycles. The van der Waals surface area contributed by atoms with Crippen LogP contribution in [0, 0.1) is 0 Å². The van der Waals surface area contributed by atoms with Gasteiger partial charge in [-0.2, -0.15) is 0 Å². The van der Waals surface area contributed by atoms with E-state index in [4.69, 9.17) is 9.41 Å². The van der Waals surface area contributed by atoms with Crippen molar-refractivity contribution in [1.29, 1.82) is 0 Å². The highest BCUT2D eigenvalue weighted by Crippen LogP contribution is 2.14. The predicted octanol–water partition coefficient (Wildman–Crippen LogP) is 3.82. The zero-order valence-electron chi connectivity index (χ0n) is 17.2. The molecule has 28 heavy (non-hydrogen) atoms. The molecule has 0 bridgehead atoms. The predicted molar refractivity (Wildman–Crippen MR) is 115 cm³/mol. The minimum Gasteiger partial charge on any atom is -0.469 e. The zero-order chi connectivity index (χ0) is 19.6. The fourth-order valence-electron chi connectivity index (χ4n) is 3.47. The molecule has 1 aromatic heterocycles. The summed E-state index contributed by atoms with van der Waals surface area (Å²) in [6, 6.07) is 15.6. The lowest BCUT2D eigenvalue weighted by atomic mass is 10.0. The van der Waals surface area contributed by atoms with E-state index in [1.54, 1.807) is 6.26 Å². The van der Waals surface area contributed by atoms with Crippen LogP contribution in [0.4, 0.5) is 0 Å². The van der Waals surface area contributed by atoms with E-state index in [1.807, 2.05) is 12.1 Å². The van der Waals surface area contributed by atoms with Gasteiger partial charge in [-0.1, -0.05) is 37.3 Å². The summed E-state index contributed by atoms with van der Waals surface area (Å²) in [6.45, 7) is 8.41. The molecule has 0 saturated carbocycles. The summed E-state index contributed by atoms with van der Waals surface area (Å²) in [5.74, 6) is 1.92. The minimum absolute atomic E-state index is 0.410. The van der Waals surface area contributed by atoms with E-state index in [0.29, 0.717) is 12.1 Å². The second kappa shape index (κ2) is 10.9. The van der Waals surface area contributed by atoms with Crippen LogP contribution in [0.15, 0.2) is 58.1 Å². The molecular formula is C23H34N4O. The number of aliphatic imine (C=N–C) groups is 1. The second-order valence-electron chi connectivity index (χ2n) is 7.69. The molecule has 1 unspecified atom stereocenters. The third kappa shape index (κ3) is 6.71. The average Bonchev–Trinajstić information content (AvgIpc) is 3.23. The van der Waals surface area contributed by atoms with Gasteiger partial charge in [0.25, 0.3) is 0 Å². The zero-order valence-corrected chi connectivity index (χ0v) is 17.2. The van der Waals surface area contributed by atoms with E-state index >= 15 is 0 Å². The Morgan fingerprint density at radius 3 is 2.64 bits per heavy atom. The van der Waals surface area contributed by atoms with Crippen LogP contribution in [0.1, 0.15) is 44.4 Å². The summed E-state index contributed by atoms with van der Waals surface area (Å²) in [4.78, 5) is 7.33. The summed E-state index contributed by atoms with van der Waals surface area (Å²) in [5, 5.41) is 7.21. The molecule has 2 aromatic rings. The molecule has 1 aliphatic rings. The second-order valence-corrected chi connectivity index (χ2v) is 7.69. The summed E-state index contributed by atoms with van der Waals surface area (Å²) in [6.07, 6.45) is 5.92. The molecular weight excluding hydrogens is 348 g/mol. The molecule has 0 spiro atoms. The molecule has 152 valence electrons. The van der Waals surface area contributed by atoms with Gasteiger partial charge in [0, 0.05) is 44.7 Å². The maximum Gasteiger partial charge on any atom is 0.191 e. The molecule has 1 aromatic carbocycles. The fraction of sp³-hybridized carbons (Fsp3) is 0.522. The molecule has 3 rings (SSSR count). The van der Waals surface area contributed by atoms with Gasteiger partial charge in [-0.3, -0.25) is 9.89 Å². The summed E-state index contributed by atoms with van der Waals surface area (Å²) in [7, 11) is 0. The number of piperidine rings is 1. The van der Waals surface area contributed by atoms with Crippen LogP contribution in [0.5, 0.6) is 0 Å². The number of likely N-dealkylation sites (tertiary alicyclic amines) is 1. The molecule has 1 atom stereocenters. The first-order chi connectivity index (χ1) is 13.7. The number of benzene rings is 1. The molecule has 0 radical (unpaired) electrons. The maximum absolute atomic E-state index is 5.41. The topological polar surface area (TPSA) is 52.8 Å². The van der Waals surface area contributed by atoms with Crippen molar-refractivity contribution >= 4 is 5.96 Å². The smallest absolute Gasteiger partial charge is 0.191 e. The van der Waals surface area contributed by atoms with E-state index in [1.165, 1.54) is 5.56 Å². The number of furan rings is 1. The molecule has 1 fully saturated rings. The molecule has 1 saturated heterocycles. The first kappa shape index (κ1) is 20.5. The van der Waals surface area contributed by atoms with Gasteiger partial charge in [-0.25, -0.2) is 0 Å². The van der Waals surface area contributed by atoms with E-state index < -0.39 is 0 Å². The van der Waals surface area contributed by atoms with Crippen LogP contribution >= 0.6 is 0 Å². The number of hydrogen-bond donors (Lipinski definition) is 2. The van der Waals surface area contributed by atoms with Crippen LogP contribution in [0.25, 0.3) is 0 Å². The number of guanidine groups is 1. The Hall–Kier alpha value is -2.27. The normalized spacial score (nSPS) is 17.4. The minimum atomic E-state index is 0.410. The number of nitrogens with one attached hydrogen (secondary N) is 2. The van der Waals surface area contributed by atoms with Gasteiger partial charge >= 0.3 is 0 Å². The van der Waals surface area contributed by atoms with Gasteiger partial charge in [-0.15, -0.1) is 0 Å². The van der Waals surface area contributed by atoms with Crippen molar-refractivity contribution in [3.05, 3.63) is 60.1 Å². The Morgan fingerprint density at radius 1 is 1.18 bits per heavy atom. The van der Waals surface area contributed by atoms with Crippen LogP contribution in [0.2, 0.25) is 0 Å². The summed E-state index contributed by atoms with van der Waals surface area (Å²) in [5.41, 5.74) is 1.40. The Bertz CT molecular complexity index is 691. The number of rotatable bonds is 8. The fourth-order valence-corrected chi connectivity index (χ4v) is 3.47. The van der Waals surface area contributed by atoms with Gasteiger partial charge in [0.05, 0.1) is 6.26 Å². The van der Waals surface area contributed by atoms with E-state index in [2.05, 4.69) is 59.7 Å². The van der Waals surface area contributed by atoms with Gasteiger partial charge in [0.1, 0.15) is 5.76 Å². The van der Waals surface area contributed by atoms with Crippen molar-refractivity contribution < 1.29 is 4.42 Å². The van der Waals surface area contributed by atoms with Crippen LogP contribution in [0.3, 0.4) is 0 Å². The number of nitrogens with zero attached hydrogens (tertiary/aromatic N) is 2. The monoisotopic (exact) mass is 382 g/mol. The van der Waals surface area contributed by atoms with Gasteiger partial charge < -0.3 is 15.1 Å². The van der Waals surface area contributed by atoms with E-state index in [-0.39, 0.29) is 0 Å². The van der Waals surface area contributed by atoms with Crippen LogP contribution < -0.4 is 10.6 Å². The first-order valence-electron chi connectivity index (χ1n) is 10.6. The molecule has 0 amide bonds. The Kier molecular flexibility index (Phi) is 7.97. The van der Waals surface area contributed by atoms with Gasteiger partial charge in [-0.05, 0) is 43.9 Å². The van der Waals surface area contributed by atoms with Crippen molar-refractivity contribution in [2.24, 2.45) is 4.99 Å². The average molecular weight is 383 g/mol. The number of hydrogen-bond acceptors (Lipinski definition) is 3. The molecule has 5 nitrogen and oxygen atoms in total. The Balaban J connectivity index is 1.48. The third-order valence-corrected chi connectivity index (χ3v) is 5.38. The highest BCUT2D eigenvalue weighted by molar-refractivity contribution is 5.80. The van der Waals surface area contributed by atoms with Crippen molar-refractivity contribution in [3.8, 4) is 0 Å². The molecule has 2 heterocycles. The molecule has 5 heteroatoms. The SMILES string of the molecule is CCC(C)NC(=NCCc1ccco1)NC1CCN(Cc2ccccc2)CC1. The molecule has 2 N–H and O–H groups in total. The lowest BCUT2D eigenvalue weighted by Gasteiger charge is -2.33. The highest BCUT2D eigenvalue weighted by atomic mass is 16.3. The van der Waals surface area contributed by atoms with E-state index in [0.717, 1.165) is 63.6 Å². The highest BCUT2D eigenvalue weighted by Gasteiger charge is 2.20. The first-order valence-corrected chi connectivity index (χ1v) is 10.6. The van der Waals surface area contributed by atoms with Crippen molar-refractivity contribution in [1.82, 2.24) is 15.5 Å². The summed E-state index contributed by atoms with van der Waals surface area (Å²) >= 11 is 0. The largest absolute Gasteiger partial charge is 0.469 e. The van der Waals surface area contributed by atoms with E-state index in [9.17, 15) is 0 Å². The Labute approximate surface area is 169 Å².